The van der Waals surface area contributed by atoms with Crippen molar-refractivity contribution in [1.82, 2.24) is 0 Å². The number of fused-ring (bicyclic) bond motifs is 3. The second kappa shape index (κ2) is 10.3. The van der Waals surface area contributed by atoms with E-state index < -0.39 is 28.7 Å². The Morgan fingerprint density at radius 3 is 2.27 bits per heavy atom. The lowest BCUT2D eigenvalue weighted by molar-refractivity contribution is -0.0317. The maximum atomic E-state index is 14.9. The van der Waals surface area contributed by atoms with Crippen LogP contribution in [-0.2, 0) is 11.2 Å². The summed E-state index contributed by atoms with van der Waals surface area (Å²) in [4.78, 5) is 0. The molecular formula is C26H30F4O3. The molecule has 1 aliphatic rings. The van der Waals surface area contributed by atoms with Crippen LogP contribution in [0.25, 0.3) is 21.9 Å². The van der Waals surface area contributed by atoms with E-state index in [2.05, 4.69) is 6.92 Å². The maximum absolute atomic E-state index is 14.9. The van der Waals surface area contributed by atoms with Crippen molar-refractivity contribution in [3.05, 3.63) is 41.0 Å². The Hall–Kier alpha value is -2.28. The van der Waals surface area contributed by atoms with Gasteiger partial charge in [-0.05, 0) is 37.3 Å². The smallest absolute Gasteiger partial charge is 0.201 e. The van der Waals surface area contributed by atoms with Gasteiger partial charge in [0.25, 0.3) is 0 Å². The average Bonchev–Trinajstić information content (AvgIpc) is 3.18. The SMILES string of the molecule is CCCCCC1CCC(COc2cc3oc4cc(CCC)c(F)c(F)c4c3c(F)c2F)CO1. The molecule has 2 heterocycles. The zero-order chi connectivity index (χ0) is 23.5. The highest BCUT2D eigenvalue weighted by atomic mass is 19.2. The summed E-state index contributed by atoms with van der Waals surface area (Å²) in [5.74, 6) is -5.06. The van der Waals surface area contributed by atoms with Gasteiger partial charge in [0.15, 0.2) is 23.2 Å². The van der Waals surface area contributed by atoms with Crippen molar-refractivity contribution in [3.8, 4) is 5.75 Å². The minimum absolute atomic E-state index is 0.0161. The van der Waals surface area contributed by atoms with Crippen molar-refractivity contribution in [2.75, 3.05) is 13.2 Å². The Morgan fingerprint density at radius 2 is 1.61 bits per heavy atom. The fourth-order valence-electron chi connectivity index (χ4n) is 4.58. The van der Waals surface area contributed by atoms with Crippen molar-refractivity contribution in [2.45, 2.75) is 71.3 Å². The minimum Gasteiger partial charge on any atom is -0.490 e. The van der Waals surface area contributed by atoms with Gasteiger partial charge in [-0.2, -0.15) is 4.39 Å². The summed E-state index contributed by atoms with van der Waals surface area (Å²) in [7, 11) is 0. The maximum Gasteiger partial charge on any atom is 0.201 e. The number of rotatable bonds is 9. The van der Waals surface area contributed by atoms with Crippen LogP contribution in [0.5, 0.6) is 5.75 Å². The van der Waals surface area contributed by atoms with Crippen molar-refractivity contribution >= 4 is 21.9 Å². The topological polar surface area (TPSA) is 31.6 Å². The van der Waals surface area contributed by atoms with Crippen LogP contribution >= 0.6 is 0 Å². The van der Waals surface area contributed by atoms with E-state index in [4.69, 9.17) is 13.9 Å². The van der Waals surface area contributed by atoms with Crippen molar-refractivity contribution < 1.29 is 31.5 Å². The molecule has 0 radical (unpaired) electrons. The van der Waals surface area contributed by atoms with Gasteiger partial charge in [-0.1, -0.05) is 39.5 Å². The van der Waals surface area contributed by atoms with Gasteiger partial charge < -0.3 is 13.9 Å². The van der Waals surface area contributed by atoms with Gasteiger partial charge in [0.2, 0.25) is 5.82 Å². The molecule has 3 aromatic rings. The van der Waals surface area contributed by atoms with Crippen LogP contribution in [0.1, 0.15) is 64.4 Å². The molecule has 1 aromatic heterocycles. The standard InChI is InChI=1S/C26H30F4O3/c1-3-5-6-8-17-10-9-15(13-31-17)14-32-20-12-19-22(26(30)24(20)28)21-18(33-19)11-16(7-4-2)23(27)25(21)29/h11-12,15,17H,3-10,13-14H2,1-2H3. The molecule has 0 amide bonds. The Morgan fingerprint density at radius 1 is 0.879 bits per heavy atom. The molecule has 0 N–H and O–H groups in total. The van der Waals surface area contributed by atoms with Crippen molar-refractivity contribution in [2.24, 2.45) is 5.92 Å². The van der Waals surface area contributed by atoms with Gasteiger partial charge >= 0.3 is 0 Å². The van der Waals surface area contributed by atoms with Crippen molar-refractivity contribution in [1.29, 1.82) is 0 Å². The minimum atomic E-state index is -1.31. The van der Waals surface area contributed by atoms with E-state index in [1.807, 2.05) is 6.92 Å². The molecule has 2 aromatic carbocycles. The molecule has 0 bridgehead atoms. The zero-order valence-electron chi connectivity index (χ0n) is 19.1. The highest BCUT2D eigenvalue weighted by molar-refractivity contribution is 6.06. The second-order valence-corrected chi connectivity index (χ2v) is 8.97. The Kier molecular flexibility index (Phi) is 7.47. The Bertz CT molecular complexity index is 1120. The molecule has 4 rings (SSSR count). The molecule has 0 saturated carbocycles. The van der Waals surface area contributed by atoms with Crippen LogP contribution in [0.3, 0.4) is 0 Å². The predicted octanol–water partition coefficient (Wildman–Crippen LogP) is 7.85. The Balaban J connectivity index is 1.52. The first kappa shape index (κ1) is 23.9. The third-order valence-electron chi connectivity index (χ3n) is 6.44. The van der Waals surface area contributed by atoms with E-state index in [0.717, 1.165) is 25.7 Å². The molecule has 3 nitrogen and oxygen atoms in total. The van der Waals surface area contributed by atoms with Crippen LogP contribution < -0.4 is 4.74 Å². The molecule has 7 heteroatoms. The van der Waals surface area contributed by atoms with Crippen LogP contribution in [0, 0.1) is 29.2 Å². The number of hydrogen-bond acceptors (Lipinski definition) is 3. The van der Waals surface area contributed by atoms with E-state index in [-0.39, 0.29) is 46.5 Å². The van der Waals surface area contributed by atoms with E-state index >= 15 is 0 Å². The van der Waals surface area contributed by atoms with E-state index in [9.17, 15) is 17.6 Å². The van der Waals surface area contributed by atoms with Crippen LogP contribution in [0.4, 0.5) is 17.6 Å². The molecule has 2 unspecified atom stereocenters. The first-order chi connectivity index (χ1) is 15.9. The summed E-state index contributed by atoms with van der Waals surface area (Å²) in [6, 6.07) is 2.56. The summed E-state index contributed by atoms with van der Waals surface area (Å²) in [5, 5.41) is -0.801. The fourth-order valence-corrected chi connectivity index (χ4v) is 4.58. The van der Waals surface area contributed by atoms with Gasteiger partial charge in [0, 0.05) is 12.0 Å². The van der Waals surface area contributed by atoms with E-state index in [1.54, 1.807) is 0 Å². The normalized spacial score (nSPS) is 19.0. The van der Waals surface area contributed by atoms with Crippen molar-refractivity contribution in [3.63, 3.8) is 0 Å². The highest BCUT2D eigenvalue weighted by Crippen LogP contribution is 2.39. The molecule has 0 spiro atoms. The van der Waals surface area contributed by atoms with Gasteiger partial charge in [0.1, 0.15) is 11.2 Å². The molecular weight excluding hydrogens is 436 g/mol. The number of furan rings is 1. The lowest BCUT2D eigenvalue weighted by Gasteiger charge is -2.29. The summed E-state index contributed by atoms with van der Waals surface area (Å²) >= 11 is 0. The van der Waals surface area contributed by atoms with Crippen LogP contribution in [0.2, 0.25) is 0 Å². The number of ether oxygens (including phenoxy) is 2. The molecule has 180 valence electrons. The third kappa shape index (κ3) is 4.84. The largest absolute Gasteiger partial charge is 0.490 e. The monoisotopic (exact) mass is 466 g/mol. The molecule has 0 aliphatic carbocycles. The molecule has 33 heavy (non-hydrogen) atoms. The first-order valence-corrected chi connectivity index (χ1v) is 11.9. The number of aryl methyl sites for hydroxylation is 1. The van der Waals surface area contributed by atoms with Gasteiger partial charge in [-0.3, -0.25) is 0 Å². The lowest BCUT2D eigenvalue weighted by Crippen LogP contribution is -2.29. The second-order valence-electron chi connectivity index (χ2n) is 8.97. The van der Waals surface area contributed by atoms with Crippen LogP contribution in [0.15, 0.2) is 16.5 Å². The summed E-state index contributed by atoms with van der Waals surface area (Å²) < 4.78 is 75.9. The molecule has 1 aliphatic heterocycles. The summed E-state index contributed by atoms with van der Waals surface area (Å²) in [6.45, 7) is 4.69. The average molecular weight is 467 g/mol. The molecule has 1 saturated heterocycles. The van der Waals surface area contributed by atoms with Gasteiger partial charge in [-0.25, -0.2) is 13.2 Å². The number of unbranched alkanes of at least 4 members (excludes halogenated alkanes) is 2. The number of halogens is 4. The number of hydrogen-bond donors (Lipinski definition) is 0. The van der Waals surface area contributed by atoms with E-state index in [1.165, 1.54) is 25.0 Å². The quantitative estimate of drug-likeness (QED) is 0.238. The van der Waals surface area contributed by atoms with Gasteiger partial charge in [-0.15, -0.1) is 0 Å². The van der Waals surface area contributed by atoms with Crippen LogP contribution in [-0.4, -0.2) is 19.3 Å². The predicted molar refractivity (Wildman–Crippen MR) is 120 cm³/mol. The highest BCUT2D eigenvalue weighted by Gasteiger charge is 2.27. The summed E-state index contributed by atoms with van der Waals surface area (Å²) in [5.41, 5.74) is 0.0449. The molecule has 2 atom stereocenters. The van der Waals surface area contributed by atoms with Gasteiger partial charge in [0.05, 0.1) is 30.1 Å². The Labute approximate surface area is 191 Å². The first-order valence-electron chi connectivity index (χ1n) is 11.9. The third-order valence-corrected chi connectivity index (χ3v) is 6.44. The molecule has 1 fully saturated rings. The fraction of sp³-hybridized carbons (Fsp3) is 0.538. The lowest BCUT2D eigenvalue weighted by atomic mass is 9.96. The number of benzene rings is 2. The summed E-state index contributed by atoms with van der Waals surface area (Å²) in [6.07, 6.45) is 7.52. The van der Waals surface area contributed by atoms with E-state index in [0.29, 0.717) is 19.4 Å². The zero-order valence-corrected chi connectivity index (χ0v) is 19.1.